The van der Waals surface area contributed by atoms with Gasteiger partial charge in [0.2, 0.25) is 0 Å². The largest absolute Gasteiger partial charge is 0.444 e. The molecular formula is C15H23NO2S. The summed E-state index contributed by atoms with van der Waals surface area (Å²) in [5.41, 5.74) is -0.449. The Hall–Kier alpha value is -1.16. The first-order valence-corrected chi connectivity index (χ1v) is 7.56. The molecule has 0 aromatic heterocycles. The van der Waals surface area contributed by atoms with E-state index in [1.165, 1.54) is 4.90 Å². The van der Waals surface area contributed by atoms with Crippen LogP contribution in [0.5, 0.6) is 0 Å². The SMILES string of the molecule is CC[C@H](CSc1ccccc1)NC(=O)OC(C)(C)C. The first kappa shape index (κ1) is 15.9. The van der Waals surface area contributed by atoms with Gasteiger partial charge in [0.1, 0.15) is 5.60 Å². The molecule has 0 radical (unpaired) electrons. The van der Waals surface area contributed by atoms with Crippen molar-refractivity contribution in [2.75, 3.05) is 5.75 Å². The van der Waals surface area contributed by atoms with Crippen LogP contribution in [0.4, 0.5) is 4.79 Å². The predicted molar refractivity (Wildman–Crippen MR) is 80.6 cm³/mol. The van der Waals surface area contributed by atoms with E-state index < -0.39 is 5.60 Å². The maximum absolute atomic E-state index is 11.7. The van der Waals surface area contributed by atoms with Crippen LogP contribution in [-0.2, 0) is 4.74 Å². The number of carbonyl (C=O) groups excluding carboxylic acids is 1. The molecule has 1 aromatic carbocycles. The lowest BCUT2D eigenvalue weighted by Gasteiger charge is -2.23. The first-order chi connectivity index (χ1) is 8.90. The molecule has 1 rings (SSSR count). The molecule has 0 unspecified atom stereocenters. The fraction of sp³-hybridized carbons (Fsp3) is 0.533. The van der Waals surface area contributed by atoms with Gasteiger partial charge in [0.25, 0.3) is 0 Å². The number of alkyl carbamates (subject to hydrolysis) is 1. The van der Waals surface area contributed by atoms with Crippen molar-refractivity contribution < 1.29 is 9.53 Å². The molecule has 1 aromatic rings. The van der Waals surface area contributed by atoms with E-state index in [4.69, 9.17) is 4.74 Å². The van der Waals surface area contributed by atoms with Crippen molar-refractivity contribution in [1.82, 2.24) is 5.32 Å². The fourth-order valence-electron chi connectivity index (χ4n) is 1.45. The van der Waals surface area contributed by atoms with Gasteiger partial charge in [0, 0.05) is 16.7 Å². The van der Waals surface area contributed by atoms with E-state index in [2.05, 4.69) is 24.4 Å². The summed E-state index contributed by atoms with van der Waals surface area (Å²) in [4.78, 5) is 12.9. The summed E-state index contributed by atoms with van der Waals surface area (Å²) in [6.07, 6.45) is 0.548. The maximum Gasteiger partial charge on any atom is 0.407 e. The van der Waals surface area contributed by atoms with Crippen molar-refractivity contribution >= 4 is 17.9 Å². The van der Waals surface area contributed by atoms with Crippen LogP contribution in [-0.4, -0.2) is 23.5 Å². The van der Waals surface area contributed by atoms with Crippen molar-refractivity contribution in [1.29, 1.82) is 0 Å². The average molecular weight is 281 g/mol. The van der Waals surface area contributed by atoms with Gasteiger partial charge in [0.15, 0.2) is 0 Å². The molecule has 0 heterocycles. The molecule has 19 heavy (non-hydrogen) atoms. The number of nitrogens with one attached hydrogen (secondary N) is 1. The molecule has 1 atom stereocenters. The number of ether oxygens (including phenoxy) is 1. The second kappa shape index (κ2) is 7.43. The topological polar surface area (TPSA) is 38.3 Å². The molecule has 1 amide bonds. The minimum absolute atomic E-state index is 0.125. The Labute approximate surface area is 120 Å². The van der Waals surface area contributed by atoms with Gasteiger partial charge in [-0.1, -0.05) is 25.1 Å². The van der Waals surface area contributed by atoms with Gasteiger partial charge in [-0.05, 0) is 39.3 Å². The highest BCUT2D eigenvalue weighted by Gasteiger charge is 2.18. The normalized spacial score (nSPS) is 12.8. The molecule has 0 bridgehead atoms. The molecule has 0 saturated heterocycles. The van der Waals surface area contributed by atoms with Crippen LogP contribution >= 0.6 is 11.8 Å². The van der Waals surface area contributed by atoms with Crippen LogP contribution in [0.15, 0.2) is 35.2 Å². The van der Waals surface area contributed by atoms with Gasteiger partial charge in [-0.2, -0.15) is 0 Å². The summed E-state index contributed by atoms with van der Waals surface area (Å²) >= 11 is 1.74. The molecule has 0 aliphatic heterocycles. The standard InChI is InChI=1S/C15H23NO2S/c1-5-12(16-14(17)18-15(2,3)4)11-19-13-9-7-6-8-10-13/h6-10,12H,5,11H2,1-4H3,(H,16,17)/t12-/m1/s1. The molecule has 1 N–H and O–H groups in total. The number of benzene rings is 1. The number of carbonyl (C=O) groups is 1. The number of rotatable bonds is 5. The molecule has 4 heteroatoms. The van der Waals surface area contributed by atoms with Crippen molar-refractivity contribution in [2.24, 2.45) is 0 Å². The van der Waals surface area contributed by atoms with E-state index in [1.54, 1.807) is 11.8 Å². The Balaban J connectivity index is 2.39. The van der Waals surface area contributed by atoms with Crippen molar-refractivity contribution in [3.63, 3.8) is 0 Å². The lowest BCUT2D eigenvalue weighted by Crippen LogP contribution is -2.40. The summed E-state index contributed by atoms with van der Waals surface area (Å²) in [5.74, 6) is 0.847. The van der Waals surface area contributed by atoms with E-state index in [9.17, 15) is 4.79 Å². The molecular weight excluding hydrogens is 258 g/mol. The van der Waals surface area contributed by atoms with Crippen LogP contribution in [0, 0.1) is 0 Å². The summed E-state index contributed by atoms with van der Waals surface area (Å²) < 4.78 is 5.26. The molecule has 3 nitrogen and oxygen atoms in total. The van der Waals surface area contributed by atoms with Crippen molar-refractivity contribution in [3.05, 3.63) is 30.3 Å². The number of thioether (sulfide) groups is 1. The Morgan fingerprint density at radius 3 is 2.47 bits per heavy atom. The second-order valence-electron chi connectivity index (χ2n) is 5.38. The monoisotopic (exact) mass is 281 g/mol. The van der Waals surface area contributed by atoms with E-state index in [0.717, 1.165) is 12.2 Å². The number of hydrogen-bond acceptors (Lipinski definition) is 3. The zero-order valence-electron chi connectivity index (χ0n) is 12.1. The van der Waals surface area contributed by atoms with Crippen LogP contribution < -0.4 is 5.32 Å². The van der Waals surface area contributed by atoms with E-state index in [1.807, 2.05) is 39.0 Å². The van der Waals surface area contributed by atoms with Gasteiger partial charge in [-0.3, -0.25) is 0 Å². The van der Waals surface area contributed by atoms with E-state index >= 15 is 0 Å². The van der Waals surface area contributed by atoms with E-state index in [0.29, 0.717) is 0 Å². The quantitative estimate of drug-likeness (QED) is 0.826. The van der Waals surface area contributed by atoms with Crippen molar-refractivity contribution in [3.8, 4) is 0 Å². The molecule has 0 fully saturated rings. The zero-order chi connectivity index (χ0) is 14.3. The van der Waals surface area contributed by atoms with Gasteiger partial charge >= 0.3 is 6.09 Å². The van der Waals surface area contributed by atoms with Crippen molar-refractivity contribution in [2.45, 2.75) is 50.7 Å². The average Bonchev–Trinajstić information content (AvgIpc) is 2.33. The van der Waals surface area contributed by atoms with Crippen LogP contribution in [0.1, 0.15) is 34.1 Å². The van der Waals surface area contributed by atoms with Gasteiger partial charge in [-0.25, -0.2) is 4.79 Å². The number of amides is 1. The molecule has 106 valence electrons. The van der Waals surface area contributed by atoms with Gasteiger partial charge in [-0.15, -0.1) is 11.8 Å². The third kappa shape index (κ3) is 7.11. The lowest BCUT2D eigenvalue weighted by atomic mass is 10.2. The smallest absolute Gasteiger partial charge is 0.407 e. The summed E-state index contributed by atoms with van der Waals surface area (Å²) in [5, 5.41) is 2.91. The minimum atomic E-state index is -0.449. The molecule has 0 aliphatic rings. The van der Waals surface area contributed by atoms with E-state index in [-0.39, 0.29) is 12.1 Å². The van der Waals surface area contributed by atoms with Crippen LogP contribution in [0.25, 0.3) is 0 Å². The fourth-order valence-corrected chi connectivity index (χ4v) is 2.51. The lowest BCUT2D eigenvalue weighted by molar-refractivity contribution is 0.0508. The molecule has 0 saturated carbocycles. The predicted octanol–water partition coefficient (Wildman–Crippen LogP) is 4.08. The van der Waals surface area contributed by atoms with Gasteiger partial charge in [0.05, 0.1) is 0 Å². The minimum Gasteiger partial charge on any atom is -0.444 e. The Kier molecular flexibility index (Phi) is 6.22. The first-order valence-electron chi connectivity index (χ1n) is 6.58. The molecule has 0 aliphatic carbocycles. The highest BCUT2D eigenvalue weighted by Crippen LogP contribution is 2.19. The third-order valence-electron chi connectivity index (χ3n) is 2.41. The third-order valence-corrected chi connectivity index (χ3v) is 3.58. The second-order valence-corrected chi connectivity index (χ2v) is 6.47. The summed E-state index contributed by atoms with van der Waals surface area (Å²) in [6, 6.07) is 10.3. The summed E-state index contributed by atoms with van der Waals surface area (Å²) in [7, 11) is 0. The molecule has 0 spiro atoms. The Morgan fingerprint density at radius 2 is 1.95 bits per heavy atom. The highest BCUT2D eigenvalue weighted by molar-refractivity contribution is 7.99. The van der Waals surface area contributed by atoms with Gasteiger partial charge < -0.3 is 10.1 Å². The summed E-state index contributed by atoms with van der Waals surface area (Å²) in [6.45, 7) is 7.67. The van der Waals surface area contributed by atoms with Crippen LogP contribution in [0.2, 0.25) is 0 Å². The highest BCUT2D eigenvalue weighted by atomic mass is 32.2. The van der Waals surface area contributed by atoms with Crippen LogP contribution in [0.3, 0.4) is 0 Å². The Morgan fingerprint density at radius 1 is 1.32 bits per heavy atom. The number of hydrogen-bond donors (Lipinski definition) is 1. The maximum atomic E-state index is 11.7. The zero-order valence-corrected chi connectivity index (χ0v) is 12.9. The Bertz CT molecular complexity index is 387.